The van der Waals surface area contributed by atoms with Gasteiger partial charge in [0.1, 0.15) is 11.9 Å². The Balaban J connectivity index is 0.914. The van der Waals surface area contributed by atoms with Crippen molar-refractivity contribution >= 4 is 71.5 Å². The number of para-hydroxylation sites is 3. The van der Waals surface area contributed by atoms with E-state index in [1.165, 1.54) is 76.8 Å². The molecule has 0 spiro atoms. The summed E-state index contributed by atoms with van der Waals surface area (Å²) < 4.78 is 11.7. The molecule has 2 unspecified atom stereocenters. The van der Waals surface area contributed by atoms with Crippen molar-refractivity contribution in [2.75, 3.05) is 4.90 Å². The minimum absolute atomic E-state index is 0.132. The smallest absolute Gasteiger partial charge is 0.149 e. The molecular formula is C58H41N3O. The first-order chi connectivity index (χ1) is 30.8. The summed E-state index contributed by atoms with van der Waals surface area (Å²) in [6.07, 6.45) is 15.6. The van der Waals surface area contributed by atoms with E-state index in [-0.39, 0.29) is 12.0 Å². The van der Waals surface area contributed by atoms with Crippen LogP contribution in [0.2, 0.25) is 0 Å². The Morgan fingerprint density at radius 3 is 2.05 bits per heavy atom. The molecule has 4 heteroatoms. The number of fused-ring (bicyclic) bond motifs is 11. The predicted octanol–water partition coefficient (Wildman–Crippen LogP) is 15.0. The van der Waals surface area contributed by atoms with Gasteiger partial charge in [-0.15, -0.1) is 0 Å². The van der Waals surface area contributed by atoms with Crippen LogP contribution in [0, 0.1) is 0 Å². The quantitative estimate of drug-likeness (QED) is 0.167. The molecule has 0 saturated carbocycles. The summed E-state index contributed by atoms with van der Waals surface area (Å²) in [7, 11) is 0. The molecule has 2 atom stereocenters. The van der Waals surface area contributed by atoms with Gasteiger partial charge in [-0.05, 0) is 108 Å². The third kappa shape index (κ3) is 5.33. The molecule has 4 nitrogen and oxygen atoms in total. The summed E-state index contributed by atoms with van der Waals surface area (Å²) >= 11 is 0. The van der Waals surface area contributed by atoms with Crippen LogP contribution >= 0.6 is 0 Å². The number of hydrogen-bond donors (Lipinski definition) is 0. The summed E-state index contributed by atoms with van der Waals surface area (Å²) in [6, 6.07) is 64.3. The van der Waals surface area contributed by atoms with E-state index in [2.05, 4.69) is 226 Å². The van der Waals surface area contributed by atoms with Crippen LogP contribution in [0.15, 0.2) is 218 Å². The van der Waals surface area contributed by atoms with Gasteiger partial charge in [-0.2, -0.15) is 0 Å². The van der Waals surface area contributed by atoms with Crippen LogP contribution in [0.3, 0.4) is 0 Å². The van der Waals surface area contributed by atoms with Crippen LogP contribution < -0.4 is 9.64 Å². The van der Waals surface area contributed by atoms with E-state index < -0.39 is 0 Å². The molecule has 62 heavy (non-hydrogen) atoms. The normalized spacial score (nSPS) is 16.8. The fraction of sp³-hybridized carbons (Fsp3) is 0.0690. The Kier molecular flexibility index (Phi) is 7.83. The van der Waals surface area contributed by atoms with Crippen molar-refractivity contribution < 1.29 is 4.74 Å². The lowest BCUT2D eigenvalue weighted by molar-refractivity contribution is 0.253. The number of allylic oxidation sites excluding steroid dienone is 6. The van der Waals surface area contributed by atoms with E-state index >= 15 is 0 Å². The highest BCUT2D eigenvalue weighted by Gasteiger charge is 2.39. The lowest BCUT2D eigenvalue weighted by Gasteiger charge is -2.34. The van der Waals surface area contributed by atoms with Crippen molar-refractivity contribution in [3.8, 4) is 22.6 Å². The maximum atomic E-state index is 6.82. The number of benzene rings is 8. The van der Waals surface area contributed by atoms with Gasteiger partial charge in [0.25, 0.3) is 0 Å². The molecule has 2 aromatic heterocycles. The molecule has 3 aliphatic rings. The fourth-order valence-electron chi connectivity index (χ4n) is 10.5. The number of ether oxygens (including phenoxy) is 1. The number of hydrogen-bond acceptors (Lipinski definition) is 2. The Morgan fingerprint density at radius 2 is 1.23 bits per heavy atom. The van der Waals surface area contributed by atoms with Gasteiger partial charge in [0.15, 0.2) is 0 Å². The second kappa shape index (κ2) is 13.9. The van der Waals surface area contributed by atoms with Gasteiger partial charge in [-0.3, -0.25) is 0 Å². The number of aromatic nitrogens is 2. The Bertz CT molecular complexity index is 3560. The van der Waals surface area contributed by atoms with Crippen molar-refractivity contribution in [2.45, 2.75) is 24.9 Å². The van der Waals surface area contributed by atoms with Crippen molar-refractivity contribution in [1.82, 2.24) is 9.13 Å². The molecule has 0 amide bonds. The van der Waals surface area contributed by atoms with E-state index in [1.807, 2.05) is 0 Å². The topological polar surface area (TPSA) is 22.3 Å². The molecule has 3 heterocycles. The van der Waals surface area contributed by atoms with Crippen LogP contribution in [0.5, 0.6) is 5.75 Å². The molecule has 10 aromatic rings. The molecule has 0 bridgehead atoms. The first-order valence-electron chi connectivity index (χ1n) is 21.7. The molecule has 8 aromatic carbocycles. The number of nitrogens with zero attached hydrogens (tertiary/aromatic N) is 3. The van der Waals surface area contributed by atoms with Gasteiger partial charge in [0, 0.05) is 55.8 Å². The standard InChI is InChI=1S/C58H41N3O/c1-2-14-41(15-3-1)61-51-21-9-6-17-46(51)47-35-34-44(37-55(47)61)59(54-23-12-20-49-48-18-8-11-24-56(48)62-58(49)54)42-30-25-38(26-31-42)39-27-32-43(33-28-39)60-52-22-10-7-19-50(52)57-45-16-5-4-13-40(45)29-36-53(57)60/h2,4-37,49,58H,1,3H2. The zero-order chi connectivity index (χ0) is 40.7. The van der Waals surface area contributed by atoms with Crippen LogP contribution in [0.25, 0.3) is 76.9 Å². The molecular weight excluding hydrogens is 755 g/mol. The second-order valence-electron chi connectivity index (χ2n) is 16.7. The van der Waals surface area contributed by atoms with Crippen molar-refractivity contribution in [3.63, 3.8) is 0 Å². The SMILES string of the molecule is C1=CC2c3ccccc3OC2C(N(c2ccc(-c3ccc(-n4c5ccccc5c5c6ccccc6ccc54)cc3)cc2)c2ccc3c4ccccc4n(C4=CCCC=C4)c3c2)=C1. The van der Waals surface area contributed by atoms with Crippen LogP contribution in [-0.2, 0) is 0 Å². The fourth-order valence-corrected chi connectivity index (χ4v) is 10.5. The highest BCUT2D eigenvalue weighted by molar-refractivity contribution is 6.21. The van der Waals surface area contributed by atoms with E-state index in [1.54, 1.807) is 0 Å². The highest BCUT2D eigenvalue weighted by Crippen LogP contribution is 2.47. The Labute approximate surface area is 359 Å². The summed E-state index contributed by atoms with van der Waals surface area (Å²) in [5, 5.41) is 7.62. The average molecular weight is 796 g/mol. The molecule has 1 aliphatic heterocycles. The minimum atomic E-state index is -0.158. The molecule has 0 fully saturated rings. The minimum Gasteiger partial charge on any atom is -0.483 e. The van der Waals surface area contributed by atoms with Crippen LogP contribution in [0.1, 0.15) is 24.3 Å². The van der Waals surface area contributed by atoms with Gasteiger partial charge in [0.05, 0.1) is 27.8 Å². The summed E-state index contributed by atoms with van der Waals surface area (Å²) in [4.78, 5) is 2.42. The predicted molar refractivity (Wildman–Crippen MR) is 259 cm³/mol. The number of anilines is 2. The molecule has 0 radical (unpaired) electrons. The van der Waals surface area contributed by atoms with Crippen LogP contribution in [0.4, 0.5) is 11.4 Å². The van der Waals surface area contributed by atoms with Gasteiger partial charge >= 0.3 is 0 Å². The van der Waals surface area contributed by atoms with E-state index in [0.717, 1.165) is 41.4 Å². The lowest BCUT2D eigenvalue weighted by Crippen LogP contribution is -2.32. The molecule has 0 saturated heterocycles. The first kappa shape index (κ1) is 35.0. The third-order valence-corrected chi connectivity index (χ3v) is 13.3. The maximum Gasteiger partial charge on any atom is 0.149 e. The molecule has 2 aliphatic carbocycles. The third-order valence-electron chi connectivity index (χ3n) is 13.3. The highest BCUT2D eigenvalue weighted by atomic mass is 16.5. The largest absolute Gasteiger partial charge is 0.483 e. The molecule has 0 N–H and O–H groups in total. The Hall–Kier alpha value is -7.82. The van der Waals surface area contributed by atoms with Crippen molar-refractivity contribution in [2.24, 2.45) is 0 Å². The summed E-state index contributed by atoms with van der Waals surface area (Å²) in [6.45, 7) is 0. The van der Waals surface area contributed by atoms with Crippen molar-refractivity contribution in [1.29, 1.82) is 0 Å². The first-order valence-corrected chi connectivity index (χ1v) is 21.7. The number of rotatable bonds is 6. The maximum absolute atomic E-state index is 6.82. The van der Waals surface area contributed by atoms with E-state index in [0.29, 0.717) is 0 Å². The van der Waals surface area contributed by atoms with E-state index in [9.17, 15) is 0 Å². The van der Waals surface area contributed by atoms with Gasteiger partial charge < -0.3 is 18.8 Å². The zero-order valence-electron chi connectivity index (χ0n) is 34.0. The second-order valence-corrected chi connectivity index (χ2v) is 16.7. The lowest BCUT2D eigenvalue weighted by atomic mass is 9.89. The summed E-state index contributed by atoms with van der Waals surface area (Å²) in [5.74, 6) is 1.09. The average Bonchev–Trinajstić information content (AvgIpc) is 4.00. The van der Waals surface area contributed by atoms with E-state index in [4.69, 9.17) is 4.74 Å². The van der Waals surface area contributed by atoms with Gasteiger partial charge in [-0.25, -0.2) is 0 Å². The summed E-state index contributed by atoms with van der Waals surface area (Å²) in [5.41, 5.74) is 14.1. The molecule has 294 valence electrons. The van der Waals surface area contributed by atoms with Gasteiger partial charge in [0.2, 0.25) is 0 Å². The molecule has 13 rings (SSSR count). The van der Waals surface area contributed by atoms with Crippen LogP contribution in [-0.4, -0.2) is 15.2 Å². The van der Waals surface area contributed by atoms with Crippen molar-refractivity contribution in [3.05, 3.63) is 224 Å². The zero-order valence-corrected chi connectivity index (χ0v) is 34.0. The monoisotopic (exact) mass is 795 g/mol. The Morgan fingerprint density at radius 1 is 0.532 bits per heavy atom. The van der Waals surface area contributed by atoms with Gasteiger partial charge in [-0.1, -0.05) is 140 Å².